The first-order chi connectivity index (χ1) is 22.8. The topological polar surface area (TPSA) is 33.6 Å². The molecule has 0 amide bonds. The van der Waals surface area contributed by atoms with Crippen LogP contribution in [0, 0.1) is 11.3 Å². The summed E-state index contributed by atoms with van der Waals surface area (Å²) in [5.41, 5.74) is 11.6. The lowest BCUT2D eigenvalue weighted by Gasteiger charge is -2.19. The van der Waals surface area contributed by atoms with Crippen molar-refractivity contribution in [2.45, 2.75) is 0 Å². The van der Waals surface area contributed by atoms with Crippen LogP contribution in [0.15, 0.2) is 164 Å². The van der Waals surface area contributed by atoms with Gasteiger partial charge >= 0.3 is 0 Å². The first-order valence-electron chi connectivity index (χ1n) is 15.5. The van der Waals surface area contributed by atoms with Crippen molar-refractivity contribution >= 4 is 43.6 Å². The Morgan fingerprint density at radius 1 is 0.391 bits per heavy atom. The van der Waals surface area contributed by atoms with Gasteiger partial charge in [-0.1, -0.05) is 115 Å². The molecule has 2 heterocycles. The third-order valence-corrected chi connectivity index (χ3v) is 9.20. The molecule has 0 fully saturated rings. The second-order valence-electron chi connectivity index (χ2n) is 11.6. The monoisotopic (exact) mass is 585 g/mol. The fraction of sp³-hybridized carbons (Fsp3) is 0. The van der Waals surface area contributed by atoms with Gasteiger partial charge in [-0.05, 0) is 59.7 Å². The van der Waals surface area contributed by atoms with Crippen molar-refractivity contribution < 1.29 is 0 Å². The molecule has 0 N–H and O–H groups in total. The average Bonchev–Trinajstić information content (AvgIpc) is 3.64. The van der Waals surface area contributed by atoms with Crippen molar-refractivity contribution in [3.8, 4) is 39.7 Å². The van der Waals surface area contributed by atoms with E-state index < -0.39 is 0 Å². The average molecular weight is 586 g/mol. The van der Waals surface area contributed by atoms with Crippen molar-refractivity contribution in [2.24, 2.45) is 0 Å². The van der Waals surface area contributed by atoms with Crippen molar-refractivity contribution in [1.82, 2.24) is 9.13 Å². The second-order valence-corrected chi connectivity index (χ2v) is 11.6. The van der Waals surface area contributed by atoms with Crippen LogP contribution >= 0.6 is 0 Å². The standard InChI is InChI=1S/C43H27N3/c44-28-30-12-1-2-13-33(30)43-32(18-11-23-42(43)46-40-21-9-5-16-36(40)37-17-6-10-22-41(37)46)29-24-26-31(27-25-29)45-38-19-7-3-14-34(38)35-15-4-8-20-39(35)45/h1-27H. The first-order valence-corrected chi connectivity index (χ1v) is 15.5. The highest BCUT2D eigenvalue weighted by Gasteiger charge is 2.20. The van der Waals surface area contributed by atoms with Gasteiger partial charge in [-0.2, -0.15) is 5.26 Å². The van der Waals surface area contributed by atoms with Gasteiger partial charge in [-0.3, -0.25) is 0 Å². The van der Waals surface area contributed by atoms with Crippen molar-refractivity contribution in [3.63, 3.8) is 0 Å². The van der Waals surface area contributed by atoms with Gasteiger partial charge in [0.15, 0.2) is 0 Å². The summed E-state index contributed by atoms with van der Waals surface area (Å²) in [6.07, 6.45) is 0. The number of aromatic nitrogens is 2. The van der Waals surface area contributed by atoms with Crippen LogP contribution < -0.4 is 0 Å². The SMILES string of the molecule is N#Cc1ccccc1-c1c(-c2ccc(-n3c4ccccc4c4ccccc43)cc2)cccc1-n1c2ccccc2c2ccccc21. The molecule has 0 saturated heterocycles. The molecule has 7 aromatic carbocycles. The van der Waals surface area contributed by atoms with E-state index in [0.717, 1.165) is 44.7 Å². The summed E-state index contributed by atoms with van der Waals surface area (Å²) < 4.78 is 4.69. The van der Waals surface area contributed by atoms with Gasteiger partial charge in [0.1, 0.15) is 0 Å². The van der Waals surface area contributed by atoms with E-state index in [0.29, 0.717) is 5.56 Å². The normalized spacial score (nSPS) is 11.5. The van der Waals surface area contributed by atoms with E-state index in [1.807, 2.05) is 18.2 Å². The van der Waals surface area contributed by atoms with E-state index in [9.17, 15) is 5.26 Å². The minimum atomic E-state index is 0.652. The Balaban J connectivity index is 1.30. The van der Waals surface area contributed by atoms with E-state index in [2.05, 4.69) is 161 Å². The molecule has 3 nitrogen and oxygen atoms in total. The Bertz CT molecular complexity index is 2540. The molecule has 9 aromatic rings. The van der Waals surface area contributed by atoms with E-state index in [1.54, 1.807) is 0 Å². The molecular formula is C43H27N3. The van der Waals surface area contributed by atoms with Crippen LogP contribution in [0.3, 0.4) is 0 Å². The lowest BCUT2D eigenvalue weighted by Crippen LogP contribution is -2.00. The van der Waals surface area contributed by atoms with E-state index in [1.165, 1.54) is 32.6 Å². The van der Waals surface area contributed by atoms with Crippen LogP contribution in [-0.2, 0) is 0 Å². The highest BCUT2D eigenvalue weighted by atomic mass is 15.0. The van der Waals surface area contributed by atoms with Crippen LogP contribution in [0.5, 0.6) is 0 Å². The molecule has 0 spiro atoms. The maximum Gasteiger partial charge on any atom is 0.0998 e. The number of nitriles is 1. The summed E-state index contributed by atoms with van der Waals surface area (Å²) in [5, 5.41) is 15.2. The zero-order valence-corrected chi connectivity index (χ0v) is 24.9. The number of para-hydroxylation sites is 4. The molecule has 2 aromatic heterocycles. The third kappa shape index (κ3) is 3.84. The highest BCUT2D eigenvalue weighted by molar-refractivity contribution is 6.11. The molecular weight excluding hydrogens is 558 g/mol. The molecule has 0 aliphatic rings. The van der Waals surface area contributed by atoms with Gasteiger partial charge < -0.3 is 9.13 Å². The summed E-state index contributed by atoms with van der Waals surface area (Å²) in [6, 6.07) is 60.0. The highest BCUT2D eigenvalue weighted by Crippen LogP contribution is 2.42. The van der Waals surface area contributed by atoms with Crippen LogP contribution in [0.2, 0.25) is 0 Å². The number of benzene rings is 7. The van der Waals surface area contributed by atoms with Gasteiger partial charge in [0.2, 0.25) is 0 Å². The Labute approximate surface area is 266 Å². The molecule has 3 heteroatoms. The van der Waals surface area contributed by atoms with Crippen LogP contribution in [-0.4, -0.2) is 9.13 Å². The predicted molar refractivity (Wildman–Crippen MR) is 191 cm³/mol. The van der Waals surface area contributed by atoms with Crippen LogP contribution in [0.4, 0.5) is 0 Å². The Kier molecular flexibility index (Phi) is 5.88. The molecule has 0 aliphatic carbocycles. The van der Waals surface area contributed by atoms with E-state index in [4.69, 9.17) is 0 Å². The number of rotatable bonds is 4. The summed E-state index contributed by atoms with van der Waals surface area (Å²) in [7, 11) is 0. The van der Waals surface area contributed by atoms with Crippen molar-refractivity contribution in [2.75, 3.05) is 0 Å². The molecule has 0 bridgehead atoms. The lowest BCUT2D eigenvalue weighted by atomic mass is 9.90. The van der Waals surface area contributed by atoms with Crippen LogP contribution in [0.1, 0.15) is 5.56 Å². The van der Waals surface area contributed by atoms with Gasteiger partial charge in [-0.15, -0.1) is 0 Å². The van der Waals surface area contributed by atoms with Crippen LogP contribution in [0.25, 0.3) is 77.2 Å². The molecule has 46 heavy (non-hydrogen) atoms. The minimum absolute atomic E-state index is 0.652. The number of hydrogen-bond acceptors (Lipinski definition) is 1. The zero-order chi connectivity index (χ0) is 30.6. The van der Waals surface area contributed by atoms with Gasteiger partial charge in [0.05, 0.1) is 39.4 Å². The summed E-state index contributed by atoms with van der Waals surface area (Å²) in [4.78, 5) is 0. The third-order valence-electron chi connectivity index (χ3n) is 9.20. The molecule has 0 unspecified atom stereocenters. The van der Waals surface area contributed by atoms with E-state index in [-0.39, 0.29) is 0 Å². The van der Waals surface area contributed by atoms with Gasteiger partial charge in [0.25, 0.3) is 0 Å². The zero-order valence-electron chi connectivity index (χ0n) is 24.9. The molecule has 0 atom stereocenters. The van der Waals surface area contributed by atoms with Gasteiger partial charge in [0, 0.05) is 38.4 Å². The number of hydrogen-bond donors (Lipinski definition) is 0. The second kappa shape index (κ2) is 10.4. The van der Waals surface area contributed by atoms with Crippen molar-refractivity contribution in [3.05, 3.63) is 169 Å². The first kappa shape index (κ1) is 26.1. The Morgan fingerprint density at radius 2 is 0.848 bits per heavy atom. The lowest BCUT2D eigenvalue weighted by molar-refractivity contribution is 1.18. The maximum atomic E-state index is 10.3. The summed E-state index contributed by atoms with van der Waals surface area (Å²) in [6.45, 7) is 0. The molecule has 0 saturated carbocycles. The summed E-state index contributed by atoms with van der Waals surface area (Å²) in [5.74, 6) is 0. The molecule has 0 radical (unpaired) electrons. The molecule has 214 valence electrons. The maximum absolute atomic E-state index is 10.3. The smallest absolute Gasteiger partial charge is 0.0998 e. The van der Waals surface area contributed by atoms with Crippen molar-refractivity contribution in [1.29, 1.82) is 5.26 Å². The quantitative estimate of drug-likeness (QED) is 0.202. The molecule has 9 rings (SSSR count). The number of fused-ring (bicyclic) bond motifs is 6. The molecule has 0 aliphatic heterocycles. The Morgan fingerprint density at radius 3 is 1.39 bits per heavy atom. The van der Waals surface area contributed by atoms with Gasteiger partial charge in [-0.25, -0.2) is 0 Å². The predicted octanol–water partition coefficient (Wildman–Crippen LogP) is 11.1. The largest absolute Gasteiger partial charge is 0.309 e. The number of nitrogens with zero attached hydrogens (tertiary/aromatic N) is 3. The Hall–Kier alpha value is -6.37. The summed E-state index contributed by atoms with van der Waals surface area (Å²) >= 11 is 0. The van der Waals surface area contributed by atoms with E-state index >= 15 is 0 Å². The minimum Gasteiger partial charge on any atom is -0.309 e. The fourth-order valence-electron chi connectivity index (χ4n) is 7.22. The fourth-order valence-corrected chi connectivity index (χ4v) is 7.22.